The van der Waals surface area contributed by atoms with Crippen LogP contribution >= 0.6 is 23.4 Å². The average molecular weight is 246 g/mol. The fraction of sp³-hybridized carbons (Fsp3) is 0.455. The molecule has 0 bridgehead atoms. The number of hydrogen-bond donors (Lipinski definition) is 1. The van der Waals surface area contributed by atoms with Gasteiger partial charge in [-0.25, -0.2) is 4.39 Å². The van der Waals surface area contributed by atoms with Gasteiger partial charge in [0.15, 0.2) is 5.82 Å². The van der Waals surface area contributed by atoms with E-state index in [1.165, 1.54) is 12.2 Å². The third kappa shape index (κ3) is 2.79. The van der Waals surface area contributed by atoms with Crippen molar-refractivity contribution in [3.8, 4) is 0 Å². The molecule has 1 aliphatic heterocycles. The first-order chi connectivity index (χ1) is 7.27. The van der Waals surface area contributed by atoms with Gasteiger partial charge in [-0.2, -0.15) is 11.8 Å². The molecule has 1 aromatic carbocycles. The molecule has 1 aromatic rings. The molecule has 1 atom stereocenters. The lowest BCUT2D eigenvalue weighted by Crippen LogP contribution is -2.26. The van der Waals surface area contributed by atoms with Gasteiger partial charge < -0.3 is 5.32 Å². The van der Waals surface area contributed by atoms with E-state index < -0.39 is 0 Å². The topological polar surface area (TPSA) is 12.0 Å². The number of benzene rings is 1. The zero-order chi connectivity index (χ0) is 10.7. The average Bonchev–Trinajstić information content (AvgIpc) is 2.26. The van der Waals surface area contributed by atoms with Gasteiger partial charge in [-0.15, -0.1) is 0 Å². The number of halogens is 2. The summed E-state index contributed by atoms with van der Waals surface area (Å²) < 4.78 is 13.6. The first-order valence-electron chi connectivity index (χ1n) is 5.05. The van der Waals surface area contributed by atoms with Crippen molar-refractivity contribution in [1.29, 1.82) is 0 Å². The number of rotatable bonds is 2. The molecule has 0 spiro atoms. The Morgan fingerprint density at radius 1 is 1.47 bits per heavy atom. The van der Waals surface area contributed by atoms with Crippen LogP contribution in [0.3, 0.4) is 0 Å². The van der Waals surface area contributed by atoms with Crippen LogP contribution in [0.2, 0.25) is 5.02 Å². The Morgan fingerprint density at radius 2 is 2.33 bits per heavy atom. The van der Waals surface area contributed by atoms with Crippen LogP contribution in [0.25, 0.3) is 0 Å². The molecule has 0 amide bonds. The van der Waals surface area contributed by atoms with Crippen LogP contribution in [-0.4, -0.2) is 17.5 Å². The minimum absolute atomic E-state index is 0.184. The van der Waals surface area contributed by atoms with Gasteiger partial charge in [0.1, 0.15) is 0 Å². The van der Waals surface area contributed by atoms with Crippen molar-refractivity contribution in [3.05, 3.63) is 29.0 Å². The van der Waals surface area contributed by atoms with E-state index in [9.17, 15) is 4.39 Å². The summed E-state index contributed by atoms with van der Waals surface area (Å²) >= 11 is 7.63. The van der Waals surface area contributed by atoms with Crippen molar-refractivity contribution >= 4 is 29.1 Å². The summed E-state index contributed by atoms with van der Waals surface area (Å²) in [7, 11) is 0. The highest BCUT2D eigenvalue weighted by Gasteiger charge is 2.15. The molecule has 0 aliphatic carbocycles. The molecule has 1 fully saturated rings. The molecule has 1 N–H and O–H groups in total. The van der Waals surface area contributed by atoms with E-state index in [1.807, 2.05) is 11.8 Å². The number of nitrogens with one attached hydrogen (secondary N) is 1. The van der Waals surface area contributed by atoms with Gasteiger partial charge >= 0.3 is 0 Å². The molecule has 1 nitrogen and oxygen atoms in total. The van der Waals surface area contributed by atoms with Crippen LogP contribution in [0.5, 0.6) is 0 Å². The van der Waals surface area contributed by atoms with E-state index in [0.29, 0.717) is 11.7 Å². The lowest BCUT2D eigenvalue weighted by molar-refractivity contribution is 0.620. The second-order valence-corrected chi connectivity index (χ2v) is 5.22. The van der Waals surface area contributed by atoms with E-state index in [1.54, 1.807) is 18.2 Å². The maximum absolute atomic E-state index is 13.6. The molecule has 0 radical (unpaired) electrons. The van der Waals surface area contributed by atoms with Crippen LogP contribution in [0.1, 0.15) is 12.8 Å². The second-order valence-electron chi connectivity index (χ2n) is 3.66. The highest BCUT2D eigenvalue weighted by atomic mass is 35.5. The summed E-state index contributed by atoms with van der Waals surface area (Å²) in [4.78, 5) is 0. The lowest BCUT2D eigenvalue weighted by atomic mass is 10.1. The van der Waals surface area contributed by atoms with Gasteiger partial charge in [-0.05, 0) is 30.7 Å². The smallest absolute Gasteiger partial charge is 0.164 e. The van der Waals surface area contributed by atoms with Crippen LogP contribution in [0, 0.1) is 5.82 Å². The quantitative estimate of drug-likeness (QED) is 0.851. The Labute approximate surface area is 98.4 Å². The van der Waals surface area contributed by atoms with Crippen LogP contribution in [0.4, 0.5) is 10.1 Å². The van der Waals surface area contributed by atoms with E-state index >= 15 is 0 Å². The standard InChI is InChI=1S/C11H13ClFNS/c12-9-4-1-5-10(11(9)13)14-8-3-2-6-15-7-8/h1,4-5,8,14H,2-3,6-7H2. The summed E-state index contributed by atoms with van der Waals surface area (Å²) in [5.41, 5.74) is 0.523. The molecule has 1 unspecified atom stereocenters. The molecule has 1 heterocycles. The minimum atomic E-state index is -0.338. The maximum Gasteiger partial charge on any atom is 0.164 e. The van der Waals surface area contributed by atoms with Crippen LogP contribution in [0.15, 0.2) is 18.2 Å². The molecule has 1 aliphatic rings. The Morgan fingerprint density at radius 3 is 3.07 bits per heavy atom. The van der Waals surface area contributed by atoms with Crippen molar-refractivity contribution in [2.75, 3.05) is 16.8 Å². The largest absolute Gasteiger partial charge is 0.379 e. The molecule has 15 heavy (non-hydrogen) atoms. The van der Waals surface area contributed by atoms with Gasteiger partial charge in [0.05, 0.1) is 10.7 Å². The molecule has 82 valence electrons. The predicted molar refractivity (Wildman–Crippen MR) is 65.4 cm³/mol. The first-order valence-corrected chi connectivity index (χ1v) is 6.59. The zero-order valence-electron chi connectivity index (χ0n) is 8.30. The number of thioether (sulfide) groups is 1. The summed E-state index contributed by atoms with van der Waals surface area (Å²) in [5, 5.41) is 3.39. The Bertz CT molecular complexity index is 339. The van der Waals surface area contributed by atoms with Crippen molar-refractivity contribution in [2.24, 2.45) is 0 Å². The number of anilines is 1. The monoisotopic (exact) mass is 245 g/mol. The van der Waals surface area contributed by atoms with E-state index in [0.717, 1.165) is 12.2 Å². The number of hydrogen-bond acceptors (Lipinski definition) is 2. The molecule has 1 saturated heterocycles. The van der Waals surface area contributed by atoms with Gasteiger partial charge in [0.25, 0.3) is 0 Å². The zero-order valence-corrected chi connectivity index (χ0v) is 9.87. The van der Waals surface area contributed by atoms with Crippen molar-refractivity contribution in [1.82, 2.24) is 0 Å². The van der Waals surface area contributed by atoms with E-state index in [2.05, 4.69) is 5.32 Å². The van der Waals surface area contributed by atoms with E-state index in [4.69, 9.17) is 11.6 Å². The second kappa shape index (κ2) is 5.08. The Hall–Kier alpha value is -0.410. The van der Waals surface area contributed by atoms with Crippen molar-refractivity contribution in [2.45, 2.75) is 18.9 Å². The Balaban J connectivity index is 2.06. The fourth-order valence-electron chi connectivity index (χ4n) is 1.69. The van der Waals surface area contributed by atoms with Crippen molar-refractivity contribution < 1.29 is 4.39 Å². The van der Waals surface area contributed by atoms with Gasteiger partial charge in [-0.3, -0.25) is 0 Å². The highest BCUT2D eigenvalue weighted by molar-refractivity contribution is 7.99. The molecular weight excluding hydrogens is 233 g/mol. The highest BCUT2D eigenvalue weighted by Crippen LogP contribution is 2.25. The Kier molecular flexibility index (Phi) is 3.76. The summed E-state index contributed by atoms with van der Waals surface area (Å²) in [6.45, 7) is 0. The molecule has 0 aromatic heterocycles. The van der Waals surface area contributed by atoms with Crippen LogP contribution < -0.4 is 5.32 Å². The van der Waals surface area contributed by atoms with Gasteiger partial charge in [0.2, 0.25) is 0 Å². The fourth-order valence-corrected chi connectivity index (χ4v) is 2.94. The molecule has 2 rings (SSSR count). The third-order valence-corrected chi connectivity index (χ3v) is 3.98. The lowest BCUT2D eigenvalue weighted by Gasteiger charge is -2.23. The first kappa shape index (κ1) is 11.1. The maximum atomic E-state index is 13.6. The van der Waals surface area contributed by atoms with Gasteiger partial charge in [0, 0.05) is 11.8 Å². The third-order valence-electron chi connectivity index (χ3n) is 2.47. The van der Waals surface area contributed by atoms with Crippen molar-refractivity contribution in [3.63, 3.8) is 0 Å². The normalized spacial score (nSPS) is 21.3. The summed E-state index contributed by atoms with van der Waals surface area (Å²) in [5.74, 6) is 1.93. The summed E-state index contributed by atoms with van der Waals surface area (Å²) in [6, 6.07) is 5.44. The molecule has 0 saturated carbocycles. The SMILES string of the molecule is Fc1c(Cl)cccc1NC1CCCSC1. The molecular formula is C11H13ClFNS. The minimum Gasteiger partial charge on any atom is -0.379 e. The van der Waals surface area contributed by atoms with Crippen LogP contribution in [-0.2, 0) is 0 Å². The molecule has 4 heteroatoms. The van der Waals surface area contributed by atoms with E-state index in [-0.39, 0.29) is 10.8 Å². The predicted octanol–water partition coefficient (Wildman–Crippen LogP) is 3.79. The van der Waals surface area contributed by atoms with Gasteiger partial charge in [-0.1, -0.05) is 17.7 Å². The summed E-state index contributed by atoms with van der Waals surface area (Å²) in [6.07, 6.45) is 2.31.